The smallest absolute Gasteiger partial charge is 0.118 e. The van der Waals surface area contributed by atoms with E-state index in [1.165, 1.54) is 0 Å². The van der Waals surface area contributed by atoms with Crippen molar-refractivity contribution >= 4 is 0 Å². The van der Waals surface area contributed by atoms with Crippen LogP contribution in [0.2, 0.25) is 0 Å². The van der Waals surface area contributed by atoms with Crippen LogP contribution in [0.1, 0.15) is 20.8 Å². The predicted octanol–water partition coefficient (Wildman–Crippen LogP) is 1.96. The minimum absolute atomic E-state index is 0.423. The minimum atomic E-state index is 0.423. The minimum Gasteiger partial charge on any atom is -0.508 e. The molecule has 0 radical (unpaired) electrons. The Morgan fingerprint density at radius 2 is 2.18 bits per heavy atom. The van der Waals surface area contributed by atoms with Crippen molar-refractivity contribution in [3.63, 3.8) is 0 Å². The van der Waals surface area contributed by atoms with Gasteiger partial charge in [0.2, 0.25) is 0 Å². The first-order valence-electron chi connectivity index (χ1n) is 3.95. The van der Waals surface area contributed by atoms with E-state index in [1.807, 2.05) is 6.92 Å². The molecule has 1 rings (SSSR count). The molecule has 62 valence electrons. The second-order valence-corrected chi connectivity index (χ2v) is 3.25. The number of nitrogens with one attached hydrogen (secondary N) is 1. The van der Waals surface area contributed by atoms with Gasteiger partial charge in [-0.15, -0.1) is 0 Å². The van der Waals surface area contributed by atoms with Crippen LogP contribution in [-0.2, 0) is 0 Å². The van der Waals surface area contributed by atoms with Gasteiger partial charge in [-0.05, 0) is 24.5 Å². The molecule has 2 N–H and O–H groups in total. The molecule has 1 aliphatic heterocycles. The largest absolute Gasteiger partial charge is 0.508 e. The SMILES string of the molecule is CC1=CC(O)=C(C(C)C)CN1. The lowest BCUT2D eigenvalue weighted by molar-refractivity contribution is 0.407. The van der Waals surface area contributed by atoms with Crippen LogP contribution in [0.4, 0.5) is 0 Å². The normalized spacial score (nSPS) is 18.4. The Bertz CT molecular complexity index is 214. The highest BCUT2D eigenvalue weighted by Crippen LogP contribution is 2.17. The van der Waals surface area contributed by atoms with Crippen LogP contribution >= 0.6 is 0 Å². The second-order valence-electron chi connectivity index (χ2n) is 3.25. The van der Waals surface area contributed by atoms with Gasteiger partial charge in [0.25, 0.3) is 0 Å². The van der Waals surface area contributed by atoms with E-state index < -0.39 is 0 Å². The first kappa shape index (κ1) is 8.18. The summed E-state index contributed by atoms with van der Waals surface area (Å²) in [5.74, 6) is 0.864. The van der Waals surface area contributed by atoms with Crippen LogP contribution < -0.4 is 5.32 Å². The molecule has 0 aromatic heterocycles. The maximum absolute atomic E-state index is 9.47. The second kappa shape index (κ2) is 2.99. The summed E-state index contributed by atoms with van der Waals surface area (Å²) in [4.78, 5) is 0. The fourth-order valence-corrected chi connectivity index (χ4v) is 1.17. The Kier molecular flexibility index (Phi) is 2.22. The summed E-state index contributed by atoms with van der Waals surface area (Å²) in [6, 6.07) is 0. The molecule has 0 saturated carbocycles. The van der Waals surface area contributed by atoms with Crippen molar-refractivity contribution in [1.82, 2.24) is 5.32 Å². The Morgan fingerprint density at radius 3 is 2.64 bits per heavy atom. The molecular weight excluding hydrogens is 138 g/mol. The zero-order valence-corrected chi connectivity index (χ0v) is 7.31. The highest BCUT2D eigenvalue weighted by atomic mass is 16.3. The first-order chi connectivity index (χ1) is 5.11. The van der Waals surface area contributed by atoms with E-state index in [0.717, 1.165) is 17.8 Å². The van der Waals surface area contributed by atoms with Crippen LogP contribution in [0.25, 0.3) is 0 Å². The van der Waals surface area contributed by atoms with Crippen LogP contribution in [0, 0.1) is 5.92 Å². The summed E-state index contributed by atoms with van der Waals surface area (Å²) in [5, 5.41) is 12.7. The topological polar surface area (TPSA) is 32.3 Å². The van der Waals surface area contributed by atoms with Gasteiger partial charge in [0, 0.05) is 12.2 Å². The lowest BCUT2D eigenvalue weighted by Crippen LogP contribution is -2.22. The molecular formula is C9H15NO. The summed E-state index contributed by atoms with van der Waals surface area (Å²) in [7, 11) is 0. The number of aliphatic hydroxyl groups is 1. The number of rotatable bonds is 1. The Labute approximate surface area is 67.6 Å². The Balaban J connectivity index is 2.86. The van der Waals surface area contributed by atoms with Crippen molar-refractivity contribution in [3.8, 4) is 0 Å². The predicted molar refractivity (Wildman–Crippen MR) is 46.3 cm³/mol. The third-order valence-corrected chi connectivity index (χ3v) is 1.94. The van der Waals surface area contributed by atoms with Gasteiger partial charge in [0.1, 0.15) is 5.76 Å². The van der Waals surface area contributed by atoms with Crippen LogP contribution in [-0.4, -0.2) is 11.7 Å². The summed E-state index contributed by atoms with van der Waals surface area (Å²) < 4.78 is 0. The monoisotopic (exact) mass is 153 g/mol. The molecule has 11 heavy (non-hydrogen) atoms. The summed E-state index contributed by atoms with van der Waals surface area (Å²) in [6.45, 7) is 6.91. The number of hydrogen-bond donors (Lipinski definition) is 2. The summed E-state index contributed by atoms with van der Waals surface area (Å²) in [5.41, 5.74) is 2.13. The van der Waals surface area contributed by atoms with E-state index in [1.54, 1.807) is 6.08 Å². The van der Waals surface area contributed by atoms with Gasteiger partial charge in [0.05, 0.1) is 0 Å². The van der Waals surface area contributed by atoms with Crippen LogP contribution in [0.15, 0.2) is 23.1 Å². The van der Waals surface area contributed by atoms with Gasteiger partial charge < -0.3 is 10.4 Å². The number of allylic oxidation sites excluding steroid dienone is 2. The molecule has 0 aliphatic carbocycles. The molecule has 2 nitrogen and oxygen atoms in total. The summed E-state index contributed by atoms with van der Waals surface area (Å²) in [6.07, 6.45) is 1.78. The van der Waals surface area contributed by atoms with Gasteiger partial charge in [-0.1, -0.05) is 13.8 Å². The molecule has 1 heterocycles. The zero-order chi connectivity index (χ0) is 8.43. The van der Waals surface area contributed by atoms with E-state index in [4.69, 9.17) is 0 Å². The van der Waals surface area contributed by atoms with Crippen molar-refractivity contribution in [2.45, 2.75) is 20.8 Å². The Hall–Kier alpha value is -0.920. The molecule has 0 saturated heterocycles. The van der Waals surface area contributed by atoms with E-state index in [-0.39, 0.29) is 0 Å². The van der Waals surface area contributed by atoms with E-state index in [0.29, 0.717) is 11.7 Å². The highest BCUT2D eigenvalue weighted by Gasteiger charge is 2.12. The quantitative estimate of drug-likeness (QED) is 0.603. The fourth-order valence-electron chi connectivity index (χ4n) is 1.17. The standard InChI is InChI=1S/C9H15NO/c1-6(2)8-5-10-7(3)4-9(8)11/h4,6,10-11H,5H2,1-3H3. The number of hydrogen-bond acceptors (Lipinski definition) is 2. The molecule has 0 amide bonds. The lowest BCUT2D eigenvalue weighted by Gasteiger charge is -2.19. The van der Waals surface area contributed by atoms with Crippen molar-refractivity contribution in [1.29, 1.82) is 0 Å². The number of aliphatic hydroxyl groups excluding tert-OH is 1. The van der Waals surface area contributed by atoms with Crippen molar-refractivity contribution in [2.75, 3.05) is 6.54 Å². The highest BCUT2D eigenvalue weighted by molar-refractivity contribution is 5.28. The molecule has 2 heteroatoms. The van der Waals surface area contributed by atoms with Gasteiger partial charge in [-0.2, -0.15) is 0 Å². The van der Waals surface area contributed by atoms with E-state index in [2.05, 4.69) is 19.2 Å². The molecule has 0 atom stereocenters. The van der Waals surface area contributed by atoms with Crippen molar-refractivity contribution in [2.24, 2.45) is 5.92 Å². The third-order valence-electron chi connectivity index (χ3n) is 1.94. The number of dihydropyridines is 1. The maximum Gasteiger partial charge on any atom is 0.118 e. The van der Waals surface area contributed by atoms with Gasteiger partial charge in [-0.3, -0.25) is 0 Å². The first-order valence-corrected chi connectivity index (χ1v) is 3.95. The molecule has 0 aromatic rings. The van der Waals surface area contributed by atoms with Gasteiger partial charge in [0.15, 0.2) is 0 Å². The average molecular weight is 153 g/mol. The van der Waals surface area contributed by atoms with Crippen molar-refractivity contribution < 1.29 is 5.11 Å². The molecule has 0 unspecified atom stereocenters. The molecule has 0 fully saturated rings. The molecule has 0 spiro atoms. The lowest BCUT2D eigenvalue weighted by atomic mass is 9.99. The summed E-state index contributed by atoms with van der Waals surface area (Å²) >= 11 is 0. The van der Waals surface area contributed by atoms with Gasteiger partial charge >= 0.3 is 0 Å². The van der Waals surface area contributed by atoms with E-state index >= 15 is 0 Å². The van der Waals surface area contributed by atoms with E-state index in [9.17, 15) is 5.11 Å². The maximum atomic E-state index is 9.47. The third kappa shape index (κ3) is 1.76. The fraction of sp³-hybridized carbons (Fsp3) is 0.556. The van der Waals surface area contributed by atoms with Crippen molar-refractivity contribution in [3.05, 3.63) is 23.1 Å². The van der Waals surface area contributed by atoms with Crippen LogP contribution in [0.5, 0.6) is 0 Å². The van der Waals surface area contributed by atoms with Gasteiger partial charge in [-0.25, -0.2) is 0 Å². The zero-order valence-electron chi connectivity index (χ0n) is 7.31. The molecule has 0 aromatic carbocycles. The molecule has 0 bridgehead atoms. The van der Waals surface area contributed by atoms with Crippen LogP contribution in [0.3, 0.4) is 0 Å². The average Bonchev–Trinajstić information content (AvgIpc) is 1.85. The molecule has 1 aliphatic rings. The Morgan fingerprint density at radius 1 is 1.55 bits per heavy atom.